The van der Waals surface area contributed by atoms with Crippen molar-refractivity contribution in [2.45, 2.75) is 51.1 Å². The van der Waals surface area contributed by atoms with E-state index < -0.39 is 0 Å². The molecule has 1 saturated carbocycles. The molecule has 1 saturated heterocycles. The summed E-state index contributed by atoms with van der Waals surface area (Å²) in [6.45, 7) is 6.03. The average Bonchev–Trinajstić information content (AvgIpc) is 2.19. The van der Waals surface area contributed by atoms with Crippen molar-refractivity contribution in [2.75, 3.05) is 19.6 Å². The lowest BCUT2D eigenvalue weighted by atomic mass is 9.93. The summed E-state index contributed by atoms with van der Waals surface area (Å²) in [7, 11) is 0. The largest absolute Gasteiger partial charge is 0.312 e. The van der Waals surface area contributed by atoms with E-state index >= 15 is 0 Å². The predicted octanol–water partition coefficient (Wildman–Crippen LogP) is 2.46. The molecule has 1 atom stereocenters. The van der Waals surface area contributed by atoms with E-state index in [9.17, 15) is 0 Å². The molecular formula is C11H24Cl2N2. The molecule has 1 N–H and O–H groups in total. The van der Waals surface area contributed by atoms with E-state index in [1.54, 1.807) is 0 Å². The topological polar surface area (TPSA) is 15.3 Å². The maximum absolute atomic E-state index is 3.51. The van der Waals surface area contributed by atoms with Crippen LogP contribution in [0.25, 0.3) is 0 Å². The molecule has 0 unspecified atom stereocenters. The van der Waals surface area contributed by atoms with Crippen molar-refractivity contribution < 1.29 is 0 Å². The molecule has 1 aliphatic heterocycles. The molecule has 2 aliphatic rings. The Morgan fingerprint density at radius 3 is 2.33 bits per heavy atom. The summed E-state index contributed by atoms with van der Waals surface area (Å²) in [5.41, 5.74) is 0. The third-order valence-corrected chi connectivity index (χ3v) is 3.49. The first-order valence-electron chi connectivity index (χ1n) is 5.83. The third-order valence-electron chi connectivity index (χ3n) is 3.49. The second-order valence-electron chi connectivity index (χ2n) is 4.64. The fourth-order valence-corrected chi connectivity index (χ4v) is 2.74. The SMILES string of the molecule is C[C@@H]1CN(C2CCCCC2)CCN1.Cl.Cl. The standard InChI is InChI=1S/C11H22N2.2ClH/c1-10-9-13(8-7-12-10)11-5-3-2-4-6-11;;/h10-12H,2-9H2,1H3;2*1H/t10-;;/m1../s1. The van der Waals surface area contributed by atoms with Crippen LogP contribution in [-0.4, -0.2) is 36.6 Å². The van der Waals surface area contributed by atoms with Crippen LogP contribution in [-0.2, 0) is 0 Å². The van der Waals surface area contributed by atoms with Gasteiger partial charge in [-0.1, -0.05) is 19.3 Å². The molecule has 0 aromatic rings. The summed E-state index contributed by atoms with van der Waals surface area (Å²) in [6, 6.07) is 1.62. The van der Waals surface area contributed by atoms with E-state index in [0.29, 0.717) is 6.04 Å². The van der Waals surface area contributed by atoms with E-state index in [0.717, 1.165) is 6.04 Å². The zero-order chi connectivity index (χ0) is 9.10. The summed E-state index contributed by atoms with van der Waals surface area (Å²) in [6.07, 6.45) is 7.30. The second kappa shape index (κ2) is 7.72. The lowest BCUT2D eigenvalue weighted by Gasteiger charge is -2.39. The minimum atomic E-state index is 0. The normalized spacial score (nSPS) is 29.0. The van der Waals surface area contributed by atoms with Crippen LogP contribution in [0.15, 0.2) is 0 Å². The molecule has 2 nitrogen and oxygen atoms in total. The van der Waals surface area contributed by atoms with Crippen LogP contribution >= 0.6 is 24.8 Å². The second-order valence-corrected chi connectivity index (χ2v) is 4.64. The highest BCUT2D eigenvalue weighted by Crippen LogP contribution is 2.23. The van der Waals surface area contributed by atoms with Crippen LogP contribution in [0.3, 0.4) is 0 Å². The van der Waals surface area contributed by atoms with E-state index in [-0.39, 0.29) is 24.8 Å². The van der Waals surface area contributed by atoms with Crippen LogP contribution in [0.5, 0.6) is 0 Å². The quantitative estimate of drug-likeness (QED) is 0.774. The smallest absolute Gasteiger partial charge is 0.0167 e. The van der Waals surface area contributed by atoms with Crippen LogP contribution in [0.4, 0.5) is 0 Å². The zero-order valence-electron chi connectivity index (χ0n) is 9.58. The highest BCUT2D eigenvalue weighted by Gasteiger charge is 2.24. The lowest BCUT2D eigenvalue weighted by Crippen LogP contribution is -2.53. The van der Waals surface area contributed by atoms with E-state index in [4.69, 9.17) is 0 Å². The summed E-state index contributed by atoms with van der Waals surface area (Å²) >= 11 is 0. The maximum Gasteiger partial charge on any atom is 0.0167 e. The Hall–Kier alpha value is 0.500. The number of hydrogen-bond donors (Lipinski definition) is 1. The molecule has 4 heteroatoms. The van der Waals surface area contributed by atoms with Crippen molar-refractivity contribution in [1.82, 2.24) is 10.2 Å². The molecule has 0 bridgehead atoms. The summed E-state index contributed by atoms with van der Waals surface area (Å²) in [5, 5.41) is 3.51. The first kappa shape index (κ1) is 15.5. The lowest BCUT2D eigenvalue weighted by molar-refractivity contribution is 0.119. The Labute approximate surface area is 106 Å². The van der Waals surface area contributed by atoms with Crippen LogP contribution in [0.2, 0.25) is 0 Å². The molecule has 0 amide bonds. The van der Waals surface area contributed by atoms with Crippen molar-refractivity contribution in [1.29, 1.82) is 0 Å². The minimum absolute atomic E-state index is 0. The predicted molar refractivity (Wildman–Crippen MR) is 70.4 cm³/mol. The van der Waals surface area contributed by atoms with Gasteiger partial charge in [-0.2, -0.15) is 0 Å². The molecule has 15 heavy (non-hydrogen) atoms. The molecule has 0 radical (unpaired) electrons. The molecule has 2 fully saturated rings. The number of halogens is 2. The molecule has 0 aromatic carbocycles. The maximum atomic E-state index is 3.51. The van der Waals surface area contributed by atoms with Crippen molar-refractivity contribution in [3.63, 3.8) is 0 Å². The van der Waals surface area contributed by atoms with E-state index in [1.165, 1.54) is 51.7 Å². The van der Waals surface area contributed by atoms with Gasteiger partial charge in [0, 0.05) is 31.7 Å². The van der Waals surface area contributed by atoms with Crippen LogP contribution < -0.4 is 5.32 Å². The number of hydrogen-bond acceptors (Lipinski definition) is 2. The van der Waals surface area contributed by atoms with E-state index in [1.807, 2.05) is 0 Å². The van der Waals surface area contributed by atoms with Gasteiger partial charge in [-0.15, -0.1) is 24.8 Å². The van der Waals surface area contributed by atoms with Crippen LogP contribution in [0, 0.1) is 0 Å². The molecule has 0 aromatic heterocycles. The zero-order valence-corrected chi connectivity index (χ0v) is 11.2. The van der Waals surface area contributed by atoms with Gasteiger partial charge in [-0.25, -0.2) is 0 Å². The highest BCUT2D eigenvalue weighted by atomic mass is 35.5. The number of rotatable bonds is 1. The van der Waals surface area contributed by atoms with Gasteiger partial charge in [0.2, 0.25) is 0 Å². The Morgan fingerprint density at radius 1 is 1.07 bits per heavy atom. The first-order valence-corrected chi connectivity index (χ1v) is 5.83. The van der Waals surface area contributed by atoms with Crippen LogP contribution in [0.1, 0.15) is 39.0 Å². The van der Waals surface area contributed by atoms with Crippen molar-refractivity contribution >= 4 is 24.8 Å². The van der Waals surface area contributed by atoms with Gasteiger partial charge in [-0.05, 0) is 19.8 Å². The minimum Gasteiger partial charge on any atom is -0.312 e. The third kappa shape index (κ3) is 4.48. The van der Waals surface area contributed by atoms with Crippen molar-refractivity contribution in [3.8, 4) is 0 Å². The van der Waals surface area contributed by atoms with Gasteiger partial charge in [0.15, 0.2) is 0 Å². The van der Waals surface area contributed by atoms with E-state index in [2.05, 4.69) is 17.1 Å². The Bertz CT molecular complexity index is 161. The molecule has 1 aliphatic carbocycles. The summed E-state index contributed by atoms with van der Waals surface area (Å²) < 4.78 is 0. The Balaban J connectivity index is 0.000000980. The monoisotopic (exact) mass is 254 g/mol. The Kier molecular flexibility index (Phi) is 7.98. The number of nitrogens with one attached hydrogen (secondary N) is 1. The molecule has 92 valence electrons. The Morgan fingerprint density at radius 2 is 1.73 bits per heavy atom. The summed E-state index contributed by atoms with van der Waals surface area (Å²) in [5.74, 6) is 0. The molecule has 0 spiro atoms. The number of nitrogens with zero attached hydrogens (tertiary/aromatic N) is 1. The fourth-order valence-electron chi connectivity index (χ4n) is 2.74. The average molecular weight is 255 g/mol. The van der Waals surface area contributed by atoms with Gasteiger partial charge >= 0.3 is 0 Å². The molecule has 2 rings (SSSR count). The molecule has 1 heterocycles. The van der Waals surface area contributed by atoms with Crippen molar-refractivity contribution in [2.24, 2.45) is 0 Å². The van der Waals surface area contributed by atoms with Gasteiger partial charge in [0.05, 0.1) is 0 Å². The number of piperazine rings is 1. The van der Waals surface area contributed by atoms with Gasteiger partial charge in [0.25, 0.3) is 0 Å². The summed E-state index contributed by atoms with van der Waals surface area (Å²) in [4.78, 5) is 2.71. The first-order chi connectivity index (χ1) is 6.36. The molecular weight excluding hydrogens is 231 g/mol. The van der Waals surface area contributed by atoms with Gasteiger partial charge < -0.3 is 5.32 Å². The highest BCUT2D eigenvalue weighted by molar-refractivity contribution is 5.85. The van der Waals surface area contributed by atoms with Gasteiger partial charge in [-0.3, -0.25) is 4.90 Å². The van der Waals surface area contributed by atoms with Gasteiger partial charge in [0.1, 0.15) is 0 Å². The fraction of sp³-hybridized carbons (Fsp3) is 1.00. The van der Waals surface area contributed by atoms with Crippen molar-refractivity contribution in [3.05, 3.63) is 0 Å².